The SMILES string of the molecule is COC(=O)C1(C(=O)OC)Cc2cnc([Se]c3ccc(C)cc3)cc2C1. The standard InChI is InChI=1S/C19H19NO4Se/c1-12-4-6-15(7-5-12)25-16-8-13-9-19(17(21)23-2,18(22)24-3)10-14(13)11-20-16/h4-8,11H,9-10H2,1-3H3. The first-order valence-corrected chi connectivity index (χ1v) is 9.59. The van der Waals surface area contributed by atoms with Crippen molar-refractivity contribution in [1.29, 1.82) is 0 Å². The van der Waals surface area contributed by atoms with Crippen LogP contribution in [0.25, 0.3) is 0 Å². The first kappa shape index (κ1) is 17.6. The van der Waals surface area contributed by atoms with Gasteiger partial charge >= 0.3 is 153 Å². The molecular formula is C19H19NO4Se. The first-order valence-electron chi connectivity index (χ1n) is 7.87. The van der Waals surface area contributed by atoms with Crippen LogP contribution in [0.5, 0.6) is 0 Å². The average molecular weight is 404 g/mol. The maximum atomic E-state index is 12.3. The molecule has 1 heterocycles. The summed E-state index contributed by atoms with van der Waals surface area (Å²) < 4.78 is 11.9. The van der Waals surface area contributed by atoms with Crippen molar-refractivity contribution in [3.05, 3.63) is 53.2 Å². The first-order chi connectivity index (χ1) is 12.0. The molecule has 5 nitrogen and oxygen atoms in total. The molecule has 2 aromatic rings. The Morgan fingerprint density at radius 2 is 1.64 bits per heavy atom. The second kappa shape index (κ2) is 6.98. The molecule has 1 aliphatic carbocycles. The minimum absolute atomic E-state index is 0.0739. The Hall–Kier alpha value is -2.17. The molecule has 0 fully saturated rings. The number of hydrogen-bond acceptors (Lipinski definition) is 5. The fourth-order valence-corrected chi connectivity index (χ4v) is 4.81. The van der Waals surface area contributed by atoms with Crippen LogP contribution < -0.4 is 9.05 Å². The van der Waals surface area contributed by atoms with E-state index in [4.69, 9.17) is 9.47 Å². The number of nitrogens with zero attached hydrogens (tertiary/aromatic N) is 1. The van der Waals surface area contributed by atoms with Gasteiger partial charge in [-0.25, -0.2) is 0 Å². The molecule has 0 spiro atoms. The van der Waals surface area contributed by atoms with Crippen molar-refractivity contribution in [1.82, 2.24) is 4.98 Å². The summed E-state index contributed by atoms with van der Waals surface area (Å²) in [4.78, 5) is 29.1. The third-order valence-electron chi connectivity index (χ3n) is 4.44. The van der Waals surface area contributed by atoms with Gasteiger partial charge in [-0.2, -0.15) is 0 Å². The second-order valence-corrected chi connectivity index (χ2v) is 8.42. The van der Waals surface area contributed by atoms with Crippen molar-refractivity contribution < 1.29 is 19.1 Å². The zero-order chi connectivity index (χ0) is 18.0. The van der Waals surface area contributed by atoms with E-state index in [-0.39, 0.29) is 21.4 Å². The predicted molar refractivity (Wildman–Crippen MR) is 94.3 cm³/mol. The molecule has 1 aromatic carbocycles. The summed E-state index contributed by atoms with van der Waals surface area (Å²) in [5.74, 6) is -1.11. The summed E-state index contributed by atoms with van der Waals surface area (Å²) in [5, 5.41) is 0. The van der Waals surface area contributed by atoms with Crippen LogP contribution in [-0.4, -0.2) is 46.1 Å². The quantitative estimate of drug-likeness (QED) is 0.421. The molecule has 0 N–H and O–H groups in total. The second-order valence-electron chi connectivity index (χ2n) is 6.13. The third-order valence-corrected chi connectivity index (χ3v) is 6.41. The third kappa shape index (κ3) is 3.32. The molecule has 0 atom stereocenters. The van der Waals surface area contributed by atoms with E-state index in [9.17, 15) is 9.59 Å². The molecule has 0 amide bonds. The van der Waals surface area contributed by atoms with Crippen molar-refractivity contribution in [2.24, 2.45) is 5.41 Å². The molecule has 0 unspecified atom stereocenters. The number of aromatic nitrogens is 1. The molecule has 0 radical (unpaired) electrons. The number of hydrogen-bond donors (Lipinski definition) is 0. The fourth-order valence-electron chi connectivity index (χ4n) is 3.09. The Bertz CT molecular complexity index is 801. The molecule has 25 heavy (non-hydrogen) atoms. The van der Waals surface area contributed by atoms with Gasteiger partial charge in [-0.3, -0.25) is 0 Å². The molecule has 130 valence electrons. The number of pyridine rings is 1. The van der Waals surface area contributed by atoms with Gasteiger partial charge in [-0.05, 0) is 0 Å². The summed E-state index contributed by atoms with van der Waals surface area (Å²) in [7, 11) is 2.58. The Morgan fingerprint density at radius 1 is 1.04 bits per heavy atom. The number of aryl methyl sites for hydroxylation is 1. The monoisotopic (exact) mass is 405 g/mol. The van der Waals surface area contributed by atoms with Gasteiger partial charge < -0.3 is 0 Å². The van der Waals surface area contributed by atoms with Gasteiger partial charge in [0.15, 0.2) is 0 Å². The van der Waals surface area contributed by atoms with Gasteiger partial charge in [0.25, 0.3) is 0 Å². The van der Waals surface area contributed by atoms with Crippen LogP contribution in [0.2, 0.25) is 0 Å². The van der Waals surface area contributed by atoms with Crippen molar-refractivity contribution in [2.75, 3.05) is 14.2 Å². The van der Waals surface area contributed by atoms with Crippen molar-refractivity contribution in [3.8, 4) is 0 Å². The van der Waals surface area contributed by atoms with Gasteiger partial charge in [0.1, 0.15) is 0 Å². The average Bonchev–Trinajstić information content (AvgIpc) is 3.02. The van der Waals surface area contributed by atoms with E-state index in [1.807, 2.05) is 6.07 Å². The van der Waals surface area contributed by atoms with Crippen LogP contribution >= 0.6 is 0 Å². The van der Waals surface area contributed by atoms with E-state index >= 15 is 0 Å². The molecule has 1 aliphatic rings. The number of methoxy groups -OCH3 is 2. The Kier molecular flexibility index (Phi) is 4.93. The molecular weight excluding hydrogens is 385 g/mol. The maximum absolute atomic E-state index is 12.3. The van der Waals surface area contributed by atoms with Gasteiger partial charge in [-0.1, -0.05) is 0 Å². The van der Waals surface area contributed by atoms with Crippen molar-refractivity contribution >= 4 is 35.9 Å². The zero-order valence-corrected chi connectivity index (χ0v) is 16.1. The van der Waals surface area contributed by atoms with Crippen LogP contribution in [0.1, 0.15) is 16.7 Å². The Labute approximate surface area is 152 Å². The van der Waals surface area contributed by atoms with E-state index in [1.54, 1.807) is 6.20 Å². The van der Waals surface area contributed by atoms with Crippen molar-refractivity contribution in [2.45, 2.75) is 19.8 Å². The predicted octanol–water partition coefficient (Wildman–Crippen LogP) is 0.476. The molecule has 1 aromatic heterocycles. The van der Waals surface area contributed by atoms with Gasteiger partial charge in [0.05, 0.1) is 0 Å². The van der Waals surface area contributed by atoms with E-state index < -0.39 is 17.4 Å². The van der Waals surface area contributed by atoms with Crippen molar-refractivity contribution in [3.63, 3.8) is 0 Å². The van der Waals surface area contributed by atoms with E-state index in [2.05, 4.69) is 36.2 Å². The number of carbonyl (C=O) groups excluding carboxylic acids is 2. The summed E-state index contributed by atoms with van der Waals surface area (Å²) in [6.07, 6.45) is 2.34. The summed E-state index contributed by atoms with van der Waals surface area (Å²) in [6.45, 7) is 2.06. The summed E-state index contributed by atoms with van der Waals surface area (Å²) in [6, 6.07) is 10.4. The van der Waals surface area contributed by atoms with Crippen LogP contribution in [0.4, 0.5) is 0 Å². The molecule has 0 aliphatic heterocycles. The topological polar surface area (TPSA) is 65.5 Å². The molecule has 3 rings (SSSR count). The molecule has 0 saturated heterocycles. The number of rotatable bonds is 4. The Morgan fingerprint density at radius 3 is 2.24 bits per heavy atom. The van der Waals surface area contributed by atoms with Crippen LogP contribution in [0.15, 0.2) is 36.5 Å². The number of benzene rings is 1. The number of ether oxygens (including phenoxy) is 2. The molecule has 6 heteroatoms. The fraction of sp³-hybridized carbons (Fsp3) is 0.316. The van der Waals surface area contributed by atoms with E-state index in [1.165, 1.54) is 24.2 Å². The van der Waals surface area contributed by atoms with Gasteiger partial charge in [-0.15, -0.1) is 0 Å². The zero-order valence-electron chi connectivity index (χ0n) is 14.4. The molecule has 0 bridgehead atoms. The van der Waals surface area contributed by atoms with Crippen LogP contribution in [0, 0.1) is 12.3 Å². The normalized spacial score (nSPS) is 14.7. The Balaban J connectivity index is 1.87. The van der Waals surface area contributed by atoms with E-state index in [0.29, 0.717) is 6.42 Å². The number of carbonyl (C=O) groups is 2. The number of esters is 2. The minimum atomic E-state index is -1.29. The number of fused-ring (bicyclic) bond motifs is 1. The van der Waals surface area contributed by atoms with Gasteiger partial charge in [0, 0.05) is 0 Å². The summed E-state index contributed by atoms with van der Waals surface area (Å²) >= 11 is 0.0739. The van der Waals surface area contributed by atoms with Crippen LogP contribution in [-0.2, 0) is 31.9 Å². The van der Waals surface area contributed by atoms with E-state index in [0.717, 1.165) is 15.7 Å². The van der Waals surface area contributed by atoms with Crippen LogP contribution in [0.3, 0.4) is 0 Å². The molecule has 0 saturated carbocycles. The van der Waals surface area contributed by atoms with Gasteiger partial charge in [0.2, 0.25) is 0 Å². The summed E-state index contributed by atoms with van der Waals surface area (Å²) in [5.41, 5.74) is 1.81.